The van der Waals surface area contributed by atoms with E-state index in [-0.39, 0.29) is 6.54 Å². The van der Waals surface area contributed by atoms with Crippen molar-refractivity contribution in [3.05, 3.63) is 0 Å². The zero-order valence-electron chi connectivity index (χ0n) is 3.55. The van der Waals surface area contributed by atoms with Gasteiger partial charge < -0.3 is 0 Å². The highest BCUT2D eigenvalue weighted by molar-refractivity contribution is 4.53. The van der Waals surface area contributed by atoms with Crippen LogP contribution in [0.2, 0.25) is 0 Å². The van der Waals surface area contributed by atoms with Crippen molar-refractivity contribution in [3.8, 4) is 0 Å². The van der Waals surface area contributed by atoms with Crippen LogP contribution in [-0.2, 0) is 10.3 Å². The third-order valence-electron chi connectivity index (χ3n) is 0.682. The van der Waals surface area contributed by atoms with Crippen LogP contribution < -0.4 is 11.0 Å². The second-order valence-corrected chi connectivity index (χ2v) is 1.31. The predicted octanol–water partition coefficient (Wildman–Crippen LogP) is -1.59. The van der Waals surface area contributed by atoms with Gasteiger partial charge >= 0.3 is 0 Å². The molecule has 1 rings (SSSR count). The van der Waals surface area contributed by atoms with E-state index in [4.69, 9.17) is 0 Å². The van der Waals surface area contributed by atoms with E-state index in [1.165, 1.54) is 0 Å². The van der Waals surface area contributed by atoms with E-state index in [0.29, 0.717) is 5.17 Å². The smallest absolute Gasteiger partial charge is 0.173 e. The first-order valence-electron chi connectivity index (χ1n) is 1.91. The number of hydrazine groups is 2. The molecular formula is C2H5N3O2. The lowest BCUT2D eigenvalue weighted by atomic mass is 10.6. The van der Waals surface area contributed by atoms with Crippen LogP contribution in [0.25, 0.3) is 0 Å². The topological polar surface area (TPSA) is 67.1 Å². The van der Waals surface area contributed by atoms with Crippen LogP contribution in [0.1, 0.15) is 0 Å². The standard InChI is InChI=1S/C2H5N3O2/c6-2-1-5(7)4-3-2/h2-4H,1H2. The highest BCUT2D eigenvalue weighted by atomic mass is 16.6. The summed E-state index contributed by atoms with van der Waals surface area (Å²) in [6.07, 6.45) is -0.975. The molecule has 0 saturated carbocycles. The monoisotopic (exact) mass is 103 g/mol. The molecule has 1 aliphatic heterocycles. The van der Waals surface area contributed by atoms with Crippen LogP contribution in [0.4, 0.5) is 0 Å². The third-order valence-corrected chi connectivity index (χ3v) is 0.682. The molecule has 5 nitrogen and oxygen atoms in total. The molecule has 40 valence electrons. The van der Waals surface area contributed by atoms with Crippen LogP contribution in [0.5, 0.6) is 0 Å². The molecule has 0 amide bonds. The Bertz CT molecular complexity index is 60.0. The molecular weight excluding hydrogens is 98.0 g/mol. The maximum absolute atomic E-state index is 10.1. The van der Waals surface area contributed by atoms with Gasteiger partial charge in [-0.15, -0.1) is 5.21 Å². The molecule has 1 unspecified atom stereocenters. The van der Waals surface area contributed by atoms with Gasteiger partial charge in [-0.05, 0) is 0 Å². The van der Waals surface area contributed by atoms with Crippen molar-refractivity contribution < 1.29 is 10.3 Å². The summed E-state index contributed by atoms with van der Waals surface area (Å²) >= 11 is 0. The highest BCUT2D eigenvalue weighted by Crippen LogP contribution is 1.86. The SMILES string of the molecule is [O]C1CN([O])NN1. The van der Waals surface area contributed by atoms with Gasteiger partial charge in [0.2, 0.25) is 0 Å². The molecule has 1 atom stereocenters. The van der Waals surface area contributed by atoms with Crippen molar-refractivity contribution >= 4 is 0 Å². The molecule has 5 heteroatoms. The molecule has 0 spiro atoms. The van der Waals surface area contributed by atoms with Crippen LogP contribution in [-0.4, -0.2) is 17.9 Å². The van der Waals surface area contributed by atoms with Gasteiger partial charge in [0.25, 0.3) is 0 Å². The first-order chi connectivity index (χ1) is 3.29. The summed E-state index contributed by atoms with van der Waals surface area (Å²) in [5.41, 5.74) is 4.26. The van der Waals surface area contributed by atoms with Crippen molar-refractivity contribution in [2.75, 3.05) is 6.54 Å². The minimum atomic E-state index is -0.975. The van der Waals surface area contributed by atoms with Gasteiger partial charge in [0, 0.05) is 0 Å². The average Bonchev–Trinajstić information content (AvgIpc) is 1.87. The molecule has 1 fully saturated rings. The summed E-state index contributed by atoms with van der Waals surface area (Å²) in [7, 11) is 0. The summed E-state index contributed by atoms with van der Waals surface area (Å²) < 4.78 is 0. The molecule has 2 radical (unpaired) electrons. The Hall–Kier alpha value is -0.200. The van der Waals surface area contributed by atoms with Gasteiger partial charge in [0.15, 0.2) is 6.23 Å². The predicted molar refractivity (Wildman–Crippen MR) is 18.1 cm³/mol. The van der Waals surface area contributed by atoms with E-state index in [2.05, 4.69) is 11.0 Å². The van der Waals surface area contributed by atoms with Crippen LogP contribution in [0.15, 0.2) is 0 Å². The van der Waals surface area contributed by atoms with Crippen molar-refractivity contribution in [2.45, 2.75) is 6.23 Å². The van der Waals surface area contributed by atoms with Crippen LogP contribution in [0, 0.1) is 0 Å². The lowest BCUT2D eigenvalue weighted by molar-refractivity contribution is -0.183. The fourth-order valence-corrected chi connectivity index (χ4v) is 0.386. The number of rotatable bonds is 0. The second-order valence-electron chi connectivity index (χ2n) is 1.31. The Morgan fingerprint density at radius 1 is 1.71 bits per heavy atom. The molecule has 1 saturated heterocycles. The highest BCUT2D eigenvalue weighted by Gasteiger charge is 2.18. The van der Waals surface area contributed by atoms with Crippen molar-refractivity contribution in [3.63, 3.8) is 0 Å². The van der Waals surface area contributed by atoms with Crippen molar-refractivity contribution in [2.24, 2.45) is 0 Å². The number of hydrogen-bond acceptors (Lipinski definition) is 3. The molecule has 0 aromatic rings. The first-order valence-corrected chi connectivity index (χ1v) is 1.91. The molecule has 1 aliphatic rings. The summed E-state index contributed by atoms with van der Waals surface area (Å²) in [5.74, 6) is 0. The molecule has 7 heavy (non-hydrogen) atoms. The van der Waals surface area contributed by atoms with E-state index in [0.717, 1.165) is 0 Å². The van der Waals surface area contributed by atoms with E-state index in [1.807, 2.05) is 0 Å². The van der Waals surface area contributed by atoms with E-state index in [9.17, 15) is 10.3 Å². The van der Waals surface area contributed by atoms with Gasteiger partial charge in [-0.1, -0.05) is 5.17 Å². The minimum absolute atomic E-state index is 0.0278. The van der Waals surface area contributed by atoms with E-state index < -0.39 is 6.23 Å². The first kappa shape index (κ1) is 4.95. The summed E-state index contributed by atoms with van der Waals surface area (Å²) in [5, 5.41) is 20.6. The second kappa shape index (κ2) is 1.73. The Morgan fingerprint density at radius 3 is 2.57 bits per heavy atom. The van der Waals surface area contributed by atoms with Crippen LogP contribution >= 0.6 is 0 Å². The lowest BCUT2D eigenvalue weighted by Gasteiger charge is -1.94. The lowest BCUT2D eigenvalue weighted by Crippen LogP contribution is -2.33. The largest absolute Gasteiger partial charge is 0.213 e. The van der Waals surface area contributed by atoms with Crippen LogP contribution in [0.3, 0.4) is 0 Å². The Labute approximate surface area is 40.4 Å². The van der Waals surface area contributed by atoms with Crippen molar-refractivity contribution in [1.82, 2.24) is 16.1 Å². The Balaban J connectivity index is 2.26. The zero-order valence-corrected chi connectivity index (χ0v) is 3.55. The molecule has 2 N–H and O–H groups in total. The number of hydroxylamine groups is 1. The molecule has 0 aliphatic carbocycles. The quantitative estimate of drug-likeness (QED) is 0.388. The summed E-state index contributed by atoms with van der Waals surface area (Å²) in [6.45, 7) is -0.0278. The molecule has 0 aromatic carbocycles. The zero-order chi connectivity index (χ0) is 5.28. The Kier molecular flexibility index (Phi) is 1.22. The summed E-state index contributed by atoms with van der Waals surface area (Å²) in [4.78, 5) is 0. The van der Waals surface area contributed by atoms with Gasteiger partial charge in [0.1, 0.15) is 0 Å². The maximum Gasteiger partial charge on any atom is 0.173 e. The molecule has 0 aromatic heterocycles. The molecule has 0 bridgehead atoms. The minimum Gasteiger partial charge on any atom is -0.213 e. The van der Waals surface area contributed by atoms with E-state index in [1.54, 1.807) is 0 Å². The number of nitrogens with one attached hydrogen (secondary N) is 2. The van der Waals surface area contributed by atoms with Gasteiger partial charge in [-0.25, -0.2) is 10.5 Å². The summed E-state index contributed by atoms with van der Waals surface area (Å²) in [6, 6.07) is 0. The third kappa shape index (κ3) is 1.08. The van der Waals surface area contributed by atoms with Gasteiger partial charge in [-0.3, -0.25) is 0 Å². The van der Waals surface area contributed by atoms with E-state index >= 15 is 0 Å². The van der Waals surface area contributed by atoms with Gasteiger partial charge in [0.05, 0.1) is 6.54 Å². The average molecular weight is 103 g/mol. The fourth-order valence-electron chi connectivity index (χ4n) is 0.386. The number of nitrogens with zero attached hydrogens (tertiary/aromatic N) is 1. The Morgan fingerprint density at radius 2 is 2.43 bits per heavy atom. The normalized spacial score (nSPS) is 34.3. The van der Waals surface area contributed by atoms with Gasteiger partial charge in [-0.2, -0.15) is 5.53 Å². The fraction of sp³-hybridized carbons (Fsp3) is 1.00. The maximum atomic E-state index is 10.1. The molecule has 1 heterocycles. The number of hydrogen-bond donors (Lipinski definition) is 2. The van der Waals surface area contributed by atoms with Crippen molar-refractivity contribution in [1.29, 1.82) is 0 Å².